The second kappa shape index (κ2) is 6.52. The molecule has 106 valence electrons. The molecule has 0 heterocycles. The van der Waals surface area contributed by atoms with Crippen molar-refractivity contribution in [2.75, 3.05) is 19.0 Å². The molecule has 0 saturated carbocycles. The first-order valence-electron chi connectivity index (χ1n) is 6.38. The standard InChI is InChI=1S/C14H22N2O3/c1-9(2)13(8-19-5)15-12-7-14(16(17)18)11(4)6-10(12)3/h6-7,9,13,15H,8H2,1-5H3. The van der Waals surface area contributed by atoms with E-state index < -0.39 is 0 Å². The Morgan fingerprint density at radius 3 is 2.42 bits per heavy atom. The first kappa shape index (κ1) is 15.4. The number of methoxy groups -OCH3 is 1. The molecule has 0 aliphatic heterocycles. The van der Waals surface area contributed by atoms with Gasteiger partial charge in [-0.2, -0.15) is 0 Å². The molecule has 1 rings (SSSR count). The lowest BCUT2D eigenvalue weighted by Crippen LogP contribution is -2.30. The van der Waals surface area contributed by atoms with Crippen LogP contribution in [0.2, 0.25) is 0 Å². The lowest BCUT2D eigenvalue weighted by atomic mass is 10.0. The fourth-order valence-corrected chi connectivity index (χ4v) is 1.97. The minimum Gasteiger partial charge on any atom is -0.383 e. The second-order valence-corrected chi connectivity index (χ2v) is 5.16. The Morgan fingerprint density at radius 1 is 1.32 bits per heavy atom. The summed E-state index contributed by atoms with van der Waals surface area (Å²) in [4.78, 5) is 10.6. The Balaban J connectivity index is 3.05. The van der Waals surface area contributed by atoms with Crippen molar-refractivity contribution in [1.29, 1.82) is 0 Å². The van der Waals surface area contributed by atoms with Gasteiger partial charge in [-0.3, -0.25) is 10.1 Å². The number of nitrogens with zero attached hydrogens (tertiary/aromatic N) is 1. The van der Waals surface area contributed by atoms with Crippen LogP contribution in [0.5, 0.6) is 0 Å². The molecular formula is C14H22N2O3. The van der Waals surface area contributed by atoms with Gasteiger partial charge >= 0.3 is 0 Å². The monoisotopic (exact) mass is 266 g/mol. The van der Waals surface area contributed by atoms with E-state index in [2.05, 4.69) is 19.2 Å². The Bertz CT molecular complexity index is 458. The summed E-state index contributed by atoms with van der Waals surface area (Å²) in [6.45, 7) is 8.45. The van der Waals surface area contributed by atoms with Gasteiger partial charge in [0.25, 0.3) is 5.69 Å². The van der Waals surface area contributed by atoms with E-state index in [1.807, 2.05) is 13.0 Å². The van der Waals surface area contributed by atoms with Crippen LogP contribution >= 0.6 is 0 Å². The van der Waals surface area contributed by atoms with Crippen molar-refractivity contribution in [2.45, 2.75) is 33.7 Å². The number of anilines is 1. The van der Waals surface area contributed by atoms with Gasteiger partial charge in [0, 0.05) is 24.4 Å². The third kappa shape index (κ3) is 3.92. The zero-order valence-corrected chi connectivity index (χ0v) is 12.2. The van der Waals surface area contributed by atoms with Crippen LogP contribution in [0.25, 0.3) is 0 Å². The van der Waals surface area contributed by atoms with E-state index in [1.54, 1.807) is 20.1 Å². The van der Waals surface area contributed by atoms with Crippen molar-refractivity contribution in [1.82, 2.24) is 0 Å². The topological polar surface area (TPSA) is 64.4 Å². The van der Waals surface area contributed by atoms with Crippen molar-refractivity contribution in [3.05, 3.63) is 33.4 Å². The first-order chi connectivity index (χ1) is 8.86. The van der Waals surface area contributed by atoms with Crippen molar-refractivity contribution in [3.8, 4) is 0 Å². The first-order valence-corrected chi connectivity index (χ1v) is 6.38. The molecule has 0 fully saturated rings. The highest BCUT2D eigenvalue weighted by molar-refractivity contribution is 5.60. The number of hydrogen-bond acceptors (Lipinski definition) is 4. The summed E-state index contributed by atoms with van der Waals surface area (Å²) < 4.78 is 5.18. The highest BCUT2D eigenvalue weighted by Gasteiger charge is 2.18. The van der Waals surface area contributed by atoms with Crippen LogP contribution in [-0.2, 0) is 4.74 Å². The molecule has 5 nitrogen and oxygen atoms in total. The molecule has 0 bridgehead atoms. The number of nitrogens with one attached hydrogen (secondary N) is 1. The molecule has 1 unspecified atom stereocenters. The lowest BCUT2D eigenvalue weighted by Gasteiger charge is -2.24. The number of aryl methyl sites for hydroxylation is 2. The van der Waals surface area contributed by atoms with Crippen LogP contribution < -0.4 is 5.32 Å². The SMILES string of the molecule is COCC(Nc1cc([N+](=O)[O-])c(C)cc1C)C(C)C. The Kier molecular flexibility index (Phi) is 5.30. The summed E-state index contributed by atoms with van der Waals surface area (Å²) in [5.74, 6) is 0.375. The molecule has 0 spiro atoms. The number of nitro groups is 1. The van der Waals surface area contributed by atoms with Gasteiger partial charge in [-0.25, -0.2) is 0 Å². The van der Waals surface area contributed by atoms with E-state index in [-0.39, 0.29) is 16.7 Å². The molecule has 0 aromatic heterocycles. The van der Waals surface area contributed by atoms with Gasteiger partial charge in [-0.1, -0.05) is 13.8 Å². The van der Waals surface area contributed by atoms with Crippen LogP contribution in [-0.4, -0.2) is 24.7 Å². The van der Waals surface area contributed by atoms with Crippen molar-refractivity contribution >= 4 is 11.4 Å². The zero-order chi connectivity index (χ0) is 14.6. The Hall–Kier alpha value is -1.62. The molecule has 0 aliphatic rings. The van der Waals surface area contributed by atoms with Crippen LogP contribution in [0, 0.1) is 29.9 Å². The minimum atomic E-state index is -0.347. The zero-order valence-electron chi connectivity index (χ0n) is 12.2. The second-order valence-electron chi connectivity index (χ2n) is 5.16. The Labute approximate surface area is 114 Å². The quantitative estimate of drug-likeness (QED) is 0.634. The third-order valence-electron chi connectivity index (χ3n) is 3.23. The number of nitro benzene ring substituents is 1. The van der Waals surface area contributed by atoms with Gasteiger partial charge in [0.15, 0.2) is 0 Å². The van der Waals surface area contributed by atoms with E-state index in [4.69, 9.17) is 4.74 Å². The molecule has 1 aromatic carbocycles. The van der Waals surface area contributed by atoms with Gasteiger partial charge in [0.1, 0.15) is 0 Å². The molecule has 1 atom stereocenters. The van der Waals surface area contributed by atoms with Crippen LogP contribution in [0.3, 0.4) is 0 Å². The Morgan fingerprint density at radius 2 is 1.95 bits per heavy atom. The normalized spacial score (nSPS) is 12.5. The predicted molar refractivity (Wildman–Crippen MR) is 76.7 cm³/mol. The van der Waals surface area contributed by atoms with Gasteiger partial charge in [0.05, 0.1) is 17.6 Å². The highest BCUT2D eigenvalue weighted by Crippen LogP contribution is 2.27. The molecule has 0 saturated heterocycles. The number of benzene rings is 1. The third-order valence-corrected chi connectivity index (χ3v) is 3.23. The van der Waals surface area contributed by atoms with Gasteiger partial charge in [0.2, 0.25) is 0 Å². The number of hydrogen-bond donors (Lipinski definition) is 1. The maximum absolute atomic E-state index is 11.0. The molecular weight excluding hydrogens is 244 g/mol. The summed E-state index contributed by atoms with van der Waals surface area (Å²) in [6.07, 6.45) is 0. The summed E-state index contributed by atoms with van der Waals surface area (Å²) >= 11 is 0. The van der Waals surface area contributed by atoms with Crippen LogP contribution in [0.4, 0.5) is 11.4 Å². The van der Waals surface area contributed by atoms with E-state index in [0.717, 1.165) is 11.3 Å². The summed E-state index contributed by atoms with van der Waals surface area (Å²) in [5, 5.41) is 14.3. The molecule has 5 heteroatoms. The molecule has 0 radical (unpaired) electrons. The highest BCUT2D eigenvalue weighted by atomic mass is 16.6. The lowest BCUT2D eigenvalue weighted by molar-refractivity contribution is -0.385. The average Bonchev–Trinajstić information content (AvgIpc) is 2.30. The number of ether oxygens (including phenoxy) is 1. The van der Waals surface area contributed by atoms with Crippen LogP contribution in [0.1, 0.15) is 25.0 Å². The van der Waals surface area contributed by atoms with E-state index in [0.29, 0.717) is 18.1 Å². The van der Waals surface area contributed by atoms with Crippen molar-refractivity contribution in [3.63, 3.8) is 0 Å². The van der Waals surface area contributed by atoms with Gasteiger partial charge in [-0.15, -0.1) is 0 Å². The van der Waals surface area contributed by atoms with Gasteiger partial charge in [-0.05, 0) is 31.4 Å². The molecule has 19 heavy (non-hydrogen) atoms. The maximum atomic E-state index is 11.0. The smallest absolute Gasteiger partial charge is 0.274 e. The van der Waals surface area contributed by atoms with Gasteiger partial charge < -0.3 is 10.1 Å². The van der Waals surface area contributed by atoms with E-state index in [1.165, 1.54) is 0 Å². The largest absolute Gasteiger partial charge is 0.383 e. The van der Waals surface area contributed by atoms with Crippen molar-refractivity contribution < 1.29 is 9.66 Å². The summed E-state index contributed by atoms with van der Waals surface area (Å²) in [6, 6.07) is 3.58. The van der Waals surface area contributed by atoms with Crippen molar-refractivity contribution in [2.24, 2.45) is 5.92 Å². The number of rotatable bonds is 6. The fraction of sp³-hybridized carbons (Fsp3) is 0.571. The molecule has 1 aromatic rings. The maximum Gasteiger partial charge on any atom is 0.274 e. The fourth-order valence-electron chi connectivity index (χ4n) is 1.97. The summed E-state index contributed by atoms with van der Waals surface area (Å²) in [5.41, 5.74) is 2.63. The predicted octanol–water partition coefficient (Wildman–Crippen LogP) is 3.29. The molecule has 0 amide bonds. The average molecular weight is 266 g/mol. The molecule has 1 N–H and O–H groups in total. The van der Waals surface area contributed by atoms with E-state index >= 15 is 0 Å². The van der Waals surface area contributed by atoms with E-state index in [9.17, 15) is 10.1 Å². The summed E-state index contributed by atoms with van der Waals surface area (Å²) in [7, 11) is 1.65. The minimum absolute atomic E-state index is 0.131. The molecule has 0 aliphatic carbocycles. The van der Waals surface area contributed by atoms with Crippen LogP contribution in [0.15, 0.2) is 12.1 Å².